The summed E-state index contributed by atoms with van der Waals surface area (Å²) in [7, 11) is 0. The second-order valence-corrected chi connectivity index (χ2v) is 7.16. The van der Waals surface area contributed by atoms with Crippen LogP contribution in [0.1, 0.15) is 13.3 Å². The van der Waals surface area contributed by atoms with Crippen LogP contribution in [0.15, 0.2) is 34.5 Å². The second-order valence-electron chi connectivity index (χ2n) is 6.78. The molecule has 0 saturated carbocycles. The molecule has 3 rings (SSSR count). The molecule has 0 radical (unpaired) electrons. The van der Waals surface area contributed by atoms with E-state index < -0.39 is 0 Å². The lowest BCUT2D eigenvalue weighted by atomic mass is 10.2. The number of thiocarbonyl (C=S) groups is 1. The molecule has 2 aromatic rings. The fourth-order valence-corrected chi connectivity index (χ4v) is 3.49. The summed E-state index contributed by atoms with van der Waals surface area (Å²) in [6, 6.07) is 7.71. The zero-order valence-electron chi connectivity index (χ0n) is 16.8. The van der Waals surface area contributed by atoms with Crippen LogP contribution in [0.2, 0.25) is 0 Å². The monoisotopic (exact) mass is 419 g/mol. The van der Waals surface area contributed by atoms with Gasteiger partial charge in [0.2, 0.25) is 11.0 Å². The summed E-state index contributed by atoms with van der Waals surface area (Å²) in [5.74, 6) is 0.0739. The Bertz CT molecular complexity index is 833. The summed E-state index contributed by atoms with van der Waals surface area (Å²) in [6.07, 6.45) is 0.970. The lowest BCUT2D eigenvalue weighted by Crippen LogP contribution is -2.37. The average molecular weight is 420 g/mol. The van der Waals surface area contributed by atoms with Crippen LogP contribution in [0.4, 0.5) is 5.69 Å². The van der Waals surface area contributed by atoms with Crippen LogP contribution in [0, 0.1) is 0 Å². The van der Waals surface area contributed by atoms with Gasteiger partial charge in [0.15, 0.2) is 5.69 Å². The van der Waals surface area contributed by atoms with E-state index in [0.717, 1.165) is 56.7 Å². The van der Waals surface area contributed by atoms with Crippen LogP contribution in [0.5, 0.6) is 5.88 Å². The molecule has 0 unspecified atom stereocenters. The van der Waals surface area contributed by atoms with Crippen LogP contribution in [-0.2, 0) is 16.0 Å². The molecule has 0 atom stereocenters. The highest BCUT2D eigenvalue weighted by atomic mass is 32.1. The fourth-order valence-electron chi connectivity index (χ4n) is 3.35. The van der Waals surface area contributed by atoms with Crippen molar-refractivity contribution in [3.63, 3.8) is 0 Å². The molecule has 2 N–H and O–H groups in total. The highest BCUT2D eigenvalue weighted by Gasteiger charge is 2.16. The number of aromatic nitrogens is 1. The van der Waals surface area contributed by atoms with Gasteiger partial charge in [-0.2, -0.15) is 0 Å². The summed E-state index contributed by atoms with van der Waals surface area (Å²) >= 11 is 5.27. The third-order valence-corrected chi connectivity index (χ3v) is 5.08. The van der Waals surface area contributed by atoms with Crippen LogP contribution < -0.4 is 5.32 Å². The summed E-state index contributed by atoms with van der Waals surface area (Å²) in [4.78, 5) is 2.38. The highest BCUT2D eigenvalue weighted by Crippen LogP contribution is 2.38. The Kier molecular flexibility index (Phi) is 8.36. The van der Waals surface area contributed by atoms with Crippen molar-refractivity contribution in [2.24, 2.45) is 10.2 Å². The Morgan fingerprint density at radius 2 is 2.07 bits per heavy atom. The summed E-state index contributed by atoms with van der Waals surface area (Å²) in [5.41, 5.74) is 1.32. The molecule has 1 aromatic heterocycles. The van der Waals surface area contributed by atoms with Gasteiger partial charge in [-0.25, -0.2) is 0 Å². The van der Waals surface area contributed by atoms with Crippen LogP contribution in [-0.4, -0.2) is 72.3 Å². The van der Waals surface area contributed by atoms with E-state index in [1.54, 1.807) is 4.57 Å². The van der Waals surface area contributed by atoms with Gasteiger partial charge in [0.1, 0.15) is 0 Å². The topological polar surface area (TPSA) is 83.6 Å². The first-order valence-corrected chi connectivity index (χ1v) is 10.5. The number of fused-ring (bicyclic) bond motifs is 1. The quantitative estimate of drug-likeness (QED) is 0.369. The molecule has 0 amide bonds. The predicted molar refractivity (Wildman–Crippen MR) is 117 cm³/mol. The fraction of sp³-hybridized carbons (Fsp3) is 0.550. The van der Waals surface area contributed by atoms with Crippen LogP contribution >= 0.6 is 12.2 Å². The normalized spacial score (nSPS) is 15.3. The minimum Gasteiger partial charge on any atom is -0.493 e. The Labute approximate surface area is 176 Å². The molecular formula is C20H29N5O3S. The zero-order chi connectivity index (χ0) is 20.5. The first-order chi connectivity index (χ1) is 14.2. The molecule has 9 heteroatoms. The lowest BCUT2D eigenvalue weighted by molar-refractivity contribution is 0.0376. The Morgan fingerprint density at radius 3 is 2.86 bits per heavy atom. The molecule has 0 bridgehead atoms. The summed E-state index contributed by atoms with van der Waals surface area (Å²) in [6.45, 7) is 8.96. The molecule has 8 nitrogen and oxygen atoms in total. The number of hydrogen-bond acceptors (Lipinski definition) is 6. The Morgan fingerprint density at radius 1 is 1.28 bits per heavy atom. The van der Waals surface area contributed by atoms with Crippen molar-refractivity contribution in [2.45, 2.75) is 19.9 Å². The average Bonchev–Trinajstić information content (AvgIpc) is 3.02. The van der Waals surface area contributed by atoms with Gasteiger partial charge >= 0.3 is 0 Å². The molecule has 1 aliphatic rings. The molecule has 158 valence electrons. The number of hydrogen-bond donors (Lipinski definition) is 2. The number of rotatable bonds is 9. The van der Waals surface area contributed by atoms with Gasteiger partial charge in [0.25, 0.3) is 0 Å². The van der Waals surface area contributed by atoms with Crippen molar-refractivity contribution in [2.75, 3.05) is 52.6 Å². The second kappa shape index (κ2) is 11.2. The number of para-hydroxylation sites is 1. The number of morpholine rings is 1. The molecule has 29 heavy (non-hydrogen) atoms. The number of azo groups is 1. The number of nitrogens with one attached hydrogen (secondary N) is 1. The molecular weight excluding hydrogens is 390 g/mol. The van der Waals surface area contributed by atoms with Crippen molar-refractivity contribution >= 4 is 33.9 Å². The minimum absolute atomic E-state index is 0.0739. The van der Waals surface area contributed by atoms with E-state index >= 15 is 0 Å². The number of benzene rings is 1. The van der Waals surface area contributed by atoms with E-state index in [4.69, 9.17) is 21.7 Å². The zero-order valence-corrected chi connectivity index (χ0v) is 17.7. The van der Waals surface area contributed by atoms with Crippen LogP contribution in [0.3, 0.4) is 0 Å². The first kappa shape index (κ1) is 21.6. The predicted octanol–water partition coefficient (Wildman–Crippen LogP) is 3.06. The first-order valence-electron chi connectivity index (χ1n) is 10.1. The standard InChI is InChI=1S/C20H29N5O3S/c1-2-27-15-12-25-17-7-4-3-6-16(17)18(19(25)26)22-23-20(29)21-8-5-9-24-10-13-28-14-11-24/h3-4,6-7,26H,2,5,8-15H2,1H3,(H,21,29). The molecule has 1 fully saturated rings. The van der Waals surface area contributed by atoms with Gasteiger partial charge < -0.3 is 24.5 Å². The smallest absolute Gasteiger partial charge is 0.220 e. The van der Waals surface area contributed by atoms with Gasteiger partial charge in [-0.15, -0.1) is 10.2 Å². The molecule has 1 aliphatic heterocycles. The number of nitrogens with zero attached hydrogens (tertiary/aromatic N) is 4. The highest BCUT2D eigenvalue weighted by molar-refractivity contribution is 7.80. The number of ether oxygens (including phenoxy) is 2. The van der Waals surface area contributed by atoms with Gasteiger partial charge in [-0.3, -0.25) is 4.90 Å². The van der Waals surface area contributed by atoms with Crippen molar-refractivity contribution in [3.05, 3.63) is 24.3 Å². The summed E-state index contributed by atoms with van der Waals surface area (Å²) < 4.78 is 12.6. The minimum atomic E-state index is 0.0739. The molecule has 0 aliphatic carbocycles. The van der Waals surface area contributed by atoms with Crippen molar-refractivity contribution in [3.8, 4) is 5.88 Å². The van der Waals surface area contributed by atoms with Crippen molar-refractivity contribution < 1.29 is 14.6 Å². The van der Waals surface area contributed by atoms with E-state index in [1.807, 2.05) is 31.2 Å². The maximum atomic E-state index is 10.7. The largest absolute Gasteiger partial charge is 0.493 e. The lowest BCUT2D eigenvalue weighted by Gasteiger charge is -2.26. The molecule has 1 aromatic carbocycles. The van der Waals surface area contributed by atoms with E-state index in [1.165, 1.54) is 0 Å². The van der Waals surface area contributed by atoms with E-state index in [9.17, 15) is 5.11 Å². The maximum absolute atomic E-state index is 10.7. The van der Waals surface area contributed by atoms with Gasteiger partial charge in [-0.1, -0.05) is 18.2 Å². The Balaban J connectivity index is 1.57. The third kappa shape index (κ3) is 5.96. The summed E-state index contributed by atoms with van der Waals surface area (Å²) in [5, 5.41) is 23.3. The van der Waals surface area contributed by atoms with E-state index in [0.29, 0.717) is 30.6 Å². The van der Waals surface area contributed by atoms with Gasteiger partial charge in [-0.05, 0) is 38.2 Å². The number of aromatic hydroxyl groups is 1. The molecule has 0 spiro atoms. The van der Waals surface area contributed by atoms with Crippen LogP contribution in [0.25, 0.3) is 10.9 Å². The van der Waals surface area contributed by atoms with E-state index in [2.05, 4.69) is 20.4 Å². The van der Waals surface area contributed by atoms with Crippen molar-refractivity contribution in [1.29, 1.82) is 0 Å². The maximum Gasteiger partial charge on any atom is 0.220 e. The Hall–Kier alpha value is -2.07. The molecule has 2 heterocycles. The van der Waals surface area contributed by atoms with Gasteiger partial charge in [0.05, 0.1) is 25.3 Å². The van der Waals surface area contributed by atoms with Gasteiger partial charge in [0, 0.05) is 38.2 Å². The van der Waals surface area contributed by atoms with E-state index in [-0.39, 0.29) is 5.88 Å². The third-order valence-electron chi connectivity index (χ3n) is 4.85. The molecule has 1 saturated heterocycles. The SMILES string of the molecule is CCOCCn1c(O)c(N=NC(=S)NCCCN2CCOCC2)c2ccccc21. The van der Waals surface area contributed by atoms with Crippen molar-refractivity contribution in [1.82, 2.24) is 14.8 Å².